The Bertz CT molecular complexity index is 476. The number of anilines is 1. The molecule has 1 N–H and O–H groups in total. The summed E-state index contributed by atoms with van der Waals surface area (Å²) in [7, 11) is 1.90. The molecule has 1 heterocycles. The predicted molar refractivity (Wildman–Crippen MR) is 78.0 cm³/mol. The van der Waals surface area contributed by atoms with Gasteiger partial charge in [-0.05, 0) is 45.0 Å². The molecule has 1 aromatic rings. The minimum atomic E-state index is -4.33. The third kappa shape index (κ3) is 3.28. The summed E-state index contributed by atoms with van der Waals surface area (Å²) in [6.45, 7) is 2.61. The van der Waals surface area contributed by atoms with Gasteiger partial charge in [0.1, 0.15) is 0 Å². The van der Waals surface area contributed by atoms with Gasteiger partial charge >= 0.3 is 6.18 Å². The maximum atomic E-state index is 13.2. The lowest BCUT2D eigenvalue weighted by Gasteiger charge is -2.40. The van der Waals surface area contributed by atoms with E-state index in [1.54, 1.807) is 12.1 Å². The number of halogens is 4. The van der Waals surface area contributed by atoms with Gasteiger partial charge in [0, 0.05) is 28.8 Å². The molecule has 0 aliphatic carbocycles. The van der Waals surface area contributed by atoms with Crippen molar-refractivity contribution >= 4 is 21.6 Å². The van der Waals surface area contributed by atoms with Crippen molar-refractivity contribution in [2.75, 3.05) is 18.5 Å². The van der Waals surface area contributed by atoms with Crippen LogP contribution in [0.1, 0.15) is 25.3 Å². The highest BCUT2D eigenvalue weighted by atomic mass is 79.9. The molecule has 20 heavy (non-hydrogen) atoms. The fourth-order valence-corrected chi connectivity index (χ4v) is 3.14. The van der Waals surface area contributed by atoms with Crippen molar-refractivity contribution in [3.63, 3.8) is 0 Å². The number of hydrogen-bond acceptors (Lipinski definition) is 2. The molecule has 0 saturated carbocycles. The minimum Gasteiger partial charge on any atom is -0.368 e. The number of rotatable bonds is 2. The quantitative estimate of drug-likeness (QED) is 0.865. The van der Waals surface area contributed by atoms with Crippen molar-refractivity contribution in [3.05, 3.63) is 28.2 Å². The maximum Gasteiger partial charge on any atom is 0.418 e. The second-order valence-electron chi connectivity index (χ2n) is 5.21. The Hall–Kier alpha value is -0.750. The van der Waals surface area contributed by atoms with Crippen LogP contribution in [0.3, 0.4) is 0 Å². The molecule has 1 aliphatic heterocycles. The largest absolute Gasteiger partial charge is 0.418 e. The Labute approximate surface area is 125 Å². The van der Waals surface area contributed by atoms with E-state index in [9.17, 15) is 13.2 Å². The van der Waals surface area contributed by atoms with E-state index in [2.05, 4.69) is 21.2 Å². The Morgan fingerprint density at radius 1 is 1.35 bits per heavy atom. The molecule has 0 radical (unpaired) electrons. The van der Waals surface area contributed by atoms with Crippen LogP contribution in [0, 0.1) is 0 Å². The van der Waals surface area contributed by atoms with E-state index in [1.165, 1.54) is 0 Å². The van der Waals surface area contributed by atoms with E-state index in [1.807, 2.05) is 18.9 Å². The first-order valence-electron chi connectivity index (χ1n) is 6.63. The van der Waals surface area contributed by atoms with E-state index in [4.69, 9.17) is 0 Å². The molecule has 1 saturated heterocycles. The molecule has 0 spiro atoms. The molecule has 112 valence electrons. The molecule has 0 bridgehead atoms. The summed E-state index contributed by atoms with van der Waals surface area (Å²) in [5, 5.41) is 3.20. The lowest BCUT2D eigenvalue weighted by Crippen LogP contribution is -2.47. The lowest BCUT2D eigenvalue weighted by molar-refractivity contribution is -0.137. The van der Waals surface area contributed by atoms with Gasteiger partial charge in [-0.1, -0.05) is 15.9 Å². The average molecular weight is 351 g/mol. The lowest BCUT2D eigenvalue weighted by atomic mass is 9.96. The predicted octanol–water partition coefficient (Wildman–Crippen LogP) is 4.04. The van der Waals surface area contributed by atoms with Crippen LogP contribution in [0.15, 0.2) is 22.7 Å². The number of nitrogens with one attached hydrogen (secondary N) is 1. The van der Waals surface area contributed by atoms with Crippen molar-refractivity contribution in [1.29, 1.82) is 0 Å². The number of hydrogen-bond donors (Lipinski definition) is 1. The van der Waals surface area contributed by atoms with Gasteiger partial charge in [0.25, 0.3) is 0 Å². The van der Waals surface area contributed by atoms with Crippen molar-refractivity contribution in [3.8, 4) is 0 Å². The van der Waals surface area contributed by atoms with Crippen molar-refractivity contribution in [2.24, 2.45) is 0 Å². The van der Waals surface area contributed by atoms with Crippen LogP contribution in [0.5, 0.6) is 0 Å². The molecular formula is C14H18BrF3N2. The zero-order valence-electron chi connectivity index (χ0n) is 11.5. The second kappa shape index (κ2) is 5.93. The topological polar surface area (TPSA) is 15.3 Å². The summed E-state index contributed by atoms with van der Waals surface area (Å²) in [6.07, 6.45) is -2.63. The maximum absolute atomic E-state index is 13.2. The fraction of sp³-hybridized carbons (Fsp3) is 0.571. The highest BCUT2D eigenvalue weighted by Crippen LogP contribution is 2.40. The molecule has 2 atom stereocenters. The van der Waals surface area contributed by atoms with Crippen molar-refractivity contribution < 1.29 is 13.2 Å². The van der Waals surface area contributed by atoms with Crippen LogP contribution in [-0.2, 0) is 6.18 Å². The van der Waals surface area contributed by atoms with Gasteiger partial charge in [0.2, 0.25) is 0 Å². The zero-order chi connectivity index (χ0) is 14.9. The van der Waals surface area contributed by atoms with E-state index in [-0.39, 0.29) is 11.7 Å². The van der Waals surface area contributed by atoms with E-state index >= 15 is 0 Å². The molecule has 2 rings (SSSR count). The Balaban J connectivity index is 2.33. The summed E-state index contributed by atoms with van der Waals surface area (Å²) in [5.41, 5.74) is -0.288. The summed E-state index contributed by atoms with van der Waals surface area (Å²) < 4.78 is 40.0. The smallest absolute Gasteiger partial charge is 0.368 e. The molecule has 0 aromatic heterocycles. The van der Waals surface area contributed by atoms with Gasteiger partial charge in [-0.15, -0.1) is 0 Å². The summed E-state index contributed by atoms with van der Waals surface area (Å²) in [4.78, 5) is 1.86. The van der Waals surface area contributed by atoms with Gasteiger partial charge in [-0.3, -0.25) is 0 Å². The number of piperidine rings is 1. The molecule has 1 aliphatic rings. The third-order valence-corrected chi connectivity index (χ3v) is 4.35. The van der Waals surface area contributed by atoms with Crippen LogP contribution in [0.2, 0.25) is 0 Å². The fourth-order valence-electron chi connectivity index (χ4n) is 2.78. The molecule has 0 amide bonds. The minimum absolute atomic E-state index is 0.0866. The molecule has 2 nitrogen and oxygen atoms in total. The van der Waals surface area contributed by atoms with Crippen LogP contribution in [0.25, 0.3) is 0 Å². The molecule has 1 fully saturated rings. The summed E-state index contributed by atoms with van der Waals surface area (Å²) in [6, 6.07) is 4.85. The highest BCUT2D eigenvalue weighted by molar-refractivity contribution is 9.10. The monoisotopic (exact) mass is 350 g/mol. The van der Waals surface area contributed by atoms with Gasteiger partial charge in [0.05, 0.1) is 5.56 Å². The zero-order valence-corrected chi connectivity index (χ0v) is 13.1. The summed E-state index contributed by atoms with van der Waals surface area (Å²) >= 11 is 3.12. The highest BCUT2D eigenvalue weighted by Gasteiger charge is 2.37. The second-order valence-corrected chi connectivity index (χ2v) is 6.13. The van der Waals surface area contributed by atoms with Crippen LogP contribution >= 0.6 is 15.9 Å². The Kier molecular flexibility index (Phi) is 4.64. The van der Waals surface area contributed by atoms with Gasteiger partial charge in [0.15, 0.2) is 0 Å². The molecule has 1 aromatic carbocycles. The first kappa shape index (κ1) is 15.6. The van der Waals surface area contributed by atoms with Gasteiger partial charge in [-0.2, -0.15) is 13.2 Å². The van der Waals surface area contributed by atoms with Crippen molar-refractivity contribution in [1.82, 2.24) is 5.32 Å². The SMILES string of the molecule is CNC1CCN(c2ccc(Br)cc2C(F)(F)F)C(C)C1. The van der Waals surface area contributed by atoms with E-state index in [0.717, 1.165) is 18.9 Å². The number of benzene rings is 1. The normalized spacial score (nSPS) is 24.0. The first-order chi connectivity index (χ1) is 9.32. The number of alkyl halides is 3. The van der Waals surface area contributed by atoms with E-state index in [0.29, 0.717) is 17.1 Å². The van der Waals surface area contributed by atoms with Crippen LogP contribution in [0.4, 0.5) is 18.9 Å². The molecular weight excluding hydrogens is 333 g/mol. The standard InChI is InChI=1S/C14H18BrF3N2/c1-9-7-11(19-2)5-6-20(9)13-4-3-10(15)8-12(13)14(16,17)18/h3-4,8-9,11,19H,5-7H2,1-2H3. The summed E-state index contributed by atoms with van der Waals surface area (Å²) in [5.74, 6) is 0. The van der Waals surface area contributed by atoms with E-state index < -0.39 is 11.7 Å². The van der Waals surface area contributed by atoms with Gasteiger partial charge < -0.3 is 10.2 Å². The van der Waals surface area contributed by atoms with Crippen LogP contribution in [-0.4, -0.2) is 25.7 Å². The Morgan fingerprint density at radius 2 is 2.05 bits per heavy atom. The first-order valence-corrected chi connectivity index (χ1v) is 7.43. The van der Waals surface area contributed by atoms with Gasteiger partial charge in [-0.25, -0.2) is 0 Å². The van der Waals surface area contributed by atoms with Crippen LogP contribution < -0.4 is 10.2 Å². The molecule has 2 unspecified atom stereocenters. The number of nitrogens with zero attached hydrogens (tertiary/aromatic N) is 1. The third-order valence-electron chi connectivity index (χ3n) is 3.86. The molecule has 6 heteroatoms. The van der Waals surface area contributed by atoms with Crippen molar-refractivity contribution in [2.45, 2.75) is 38.0 Å². The Morgan fingerprint density at radius 3 is 2.60 bits per heavy atom. The average Bonchev–Trinajstić information content (AvgIpc) is 2.38.